The minimum Gasteiger partial charge on any atom is -0.370 e. The number of anilines is 1. The van der Waals surface area contributed by atoms with Crippen LogP contribution < -0.4 is 4.90 Å². The number of nitrogens with zero attached hydrogens (tertiary/aromatic N) is 4. The van der Waals surface area contributed by atoms with Crippen LogP contribution in [0, 0.1) is 21.4 Å². The molecule has 116 valence electrons. The van der Waals surface area contributed by atoms with Crippen LogP contribution in [0.1, 0.15) is 17.2 Å². The van der Waals surface area contributed by atoms with Gasteiger partial charge in [-0.1, -0.05) is 30.3 Å². The number of hydrogen-bond donors (Lipinski definition) is 0. The fraction of sp³-hybridized carbons (Fsp3) is 0.250. The molecule has 0 bridgehead atoms. The summed E-state index contributed by atoms with van der Waals surface area (Å²) in [5.74, 6) is 0.460. The van der Waals surface area contributed by atoms with Crippen molar-refractivity contribution in [2.45, 2.75) is 6.10 Å². The second-order valence-electron chi connectivity index (χ2n) is 5.15. The monoisotopic (exact) mass is 310 g/mol. The molecular formula is C16H14N4O3. The van der Waals surface area contributed by atoms with E-state index in [1.807, 2.05) is 41.3 Å². The fourth-order valence-corrected chi connectivity index (χ4v) is 2.59. The predicted molar refractivity (Wildman–Crippen MR) is 83.0 cm³/mol. The summed E-state index contributed by atoms with van der Waals surface area (Å²) >= 11 is 0. The first-order valence-electron chi connectivity index (χ1n) is 7.15. The SMILES string of the molecule is N#Cc1cc([N+](=O)[O-])cnc1N1CCO[C@H](c2ccccc2)C1. The maximum Gasteiger partial charge on any atom is 0.289 e. The summed E-state index contributed by atoms with van der Waals surface area (Å²) < 4.78 is 5.79. The zero-order valence-electron chi connectivity index (χ0n) is 12.3. The van der Waals surface area contributed by atoms with Crippen LogP contribution in [0.25, 0.3) is 0 Å². The molecule has 7 heteroatoms. The zero-order valence-corrected chi connectivity index (χ0v) is 12.3. The maximum absolute atomic E-state index is 10.8. The lowest BCUT2D eigenvalue weighted by atomic mass is 10.1. The summed E-state index contributed by atoms with van der Waals surface area (Å²) in [4.78, 5) is 16.3. The van der Waals surface area contributed by atoms with Crippen molar-refractivity contribution in [2.24, 2.45) is 0 Å². The molecule has 1 fully saturated rings. The number of rotatable bonds is 3. The number of morpholine rings is 1. The van der Waals surface area contributed by atoms with Crippen molar-refractivity contribution < 1.29 is 9.66 Å². The van der Waals surface area contributed by atoms with Gasteiger partial charge < -0.3 is 9.64 Å². The van der Waals surface area contributed by atoms with Crippen LogP contribution in [0.15, 0.2) is 42.6 Å². The Kier molecular flexibility index (Phi) is 4.17. The highest BCUT2D eigenvalue weighted by molar-refractivity contribution is 5.57. The van der Waals surface area contributed by atoms with Crippen molar-refractivity contribution in [2.75, 3.05) is 24.6 Å². The van der Waals surface area contributed by atoms with Crippen molar-refractivity contribution >= 4 is 11.5 Å². The van der Waals surface area contributed by atoms with Crippen LogP contribution in [-0.2, 0) is 4.74 Å². The molecule has 0 saturated carbocycles. The van der Waals surface area contributed by atoms with Crippen molar-refractivity contribution in [3.8, 4) is 6.07 Å². The Bertz CT molecular complexity index is 758. The summed E-state index contributed by atoms with van der Waals surface area (Å²) in [5.41, 5.74) is 1.07. The summed E-state index contributed by atoms with van der Waals surface area (Å²) in [6.45, 7) is 1.63. The second-order valence-corrected chi connectivity index (χ2v) is 5.15. The third-order valence-corrected chi connectivity index (χ3v) is 3.72. The van der Waals surface area contributed by atoms with Gasteiger partial charge in [0.25, 0.3) is 5.69 Å². The first-order chi connectivity index (χ1) is 11.2. The normalized spacial score (nSPS) is 17.5. The first kappa shape index (κ1) is 14.9. The molecule has 2 heterocycles. The molecule has 23 heavy (non-hydrogen) atoms. The van der Waals surface area contributed by atoms with Crippen molar-refractivity contribution in [1.29, 1.82) is 5.26 Å². The molecule has 0 unspecified atom stereocenters. The Hall–Kier alpha value is -2.98. The van der Waals surface area contributed by atoms with E-state index in [-0.39, 0.29) is 17.4 Å². The van der Waals surface area contributed by atoms with Gasteiger partial charge in [0.2, 0.25) is 0 Å². The molecule has 0 radical (unpaired) electrons. The Morgan fingerprint density at radius 3 is 2.87 bits per heavy atom. The number of benzene rings is 1. The number of aromatic nitrogens is 1. The molecule has 1 aromatic carbocycles. The zero-order chi connectivity index (χ0) is 16.2. The van der Waals surface area contributed by atoms with Crippen molar-refractivity contribution in [3.63, 3.8) is 0 Å². The van der Waals surface area contributed by atoms with Gasteiger partial charge in [-0.2, -0.15) is 5.26 Å². The summed E-state index contributed by atoms with van der Waals surface area (Å²) in [7, 11) is 0. The van der Waals surface area contributed by atoms with E-state index in [0.717, 1.165) is 5.56 Å². The molecule has 0 spiro atoms. The molecule has 3 rings (SSSR count). The highest BCUT2D eigenvalue weighted by Gasteiger charge is 2.25. The summed E-state index contributed by atoms with van der Waals surface area (Å²) in [6.07, 6.45) is 1.07. The minimum absolute atomic E-state index is 0.117. The van der Waals surface area contributed by atoms with Gasteiger partial charge in [-0.05, 0) is 5.56 Å². The van der Waals surface area contributed by atoms with Crippen LogP contribution in [0.5, 0.6) is 0 Å². The molecule has 1 aliphatic heterocycles. The standard InChI is InChI=1S/C16H14N4O3/c17-9-13-8-14(20(21)22)10-18-16(13)19-6-7-23-15(11-19)12-4-2-1-3-5-12/h1-5,8,10,15H,6-7,11H2/t15-/m0/s1. The van der Waals surface area contributed by atoms with Crippen LogP contribution in [0.3, 0.4) is 0 Å². The Morgan fingerprint density at radius 2 is 2.17 bits per heavy atom. The molecule has 1 saturated heterocycles. The van der Waals surface area contributed by atoms with E-state index in [1.165, 1.54) is 12.3 Å². The number of hydrogen-bond acceptors (Lipinski definition) is 6. The third kappa shape index (κ3) is 3.12. The molecule has 7 nitrogen and oxygen atoms in total. The lowest BCUT2D eigenvalue weighted by Crippen LogP contribution is -2.39. The Morgan fingerprint density at radius 1 is 1.39 bits per heavy atom. The highest BCUT2D eigenvalue weighted by atomic mass is 16.6. The van der Waals surface area contributed by atoms with Gasteiger partial charge in [0.15, 0.2) is 0 Å². The average molecular weight is 310 g/mol. The first-order valence-corrected chi connectivity index (χ1v) is 7.15. The minimum atomic E-state index is -0.552. The number of ether oxygens (including phenoxy) is 1. The molecule has 0 amide bonds. The van der Waals surface area contributed by atoms with E-state index in [4.69, 9.17) is 4.74 Å². The van der Waals surface area contributed by atoms with Gasteiger partial charge in [0.1, 0.15) is 29.8 Å². The molecule has 2 aromatic rings. The molecular weight excluding hydrogens is 296 g/mol. The number of pyridine rings is 1. The third-order valence-electron chi connectivity index (χ3n) is 3.72. The van der Waals surface area contributed by atoms with Gasteiger partial charge >= 0.3 is 0 Å². The highest BCUT2D eigenvalue weighted by Crippen LogP contribution is 2.28. The van der Waals surface area contributed by atoms with Crippen LogP contribution >= 0.6 is 0 Å². The van der Waals surface area contributed by atoms with Gasteiger partial charge in [0.05, 0.1) is 11.5 Å². The fourth-order valence-electron chi connectivity index (χ4n) is 2.59. The number of nitriles is 1. The largest absolute Gasteiger partial charge is 0.370 e. The second kappa shape index (κ2) is 6.42. The summed E-state index contributed by atoms with van der Waals surface area (Å²) in [5, 5.41) is 20.1. The van der Waals surface area contributed by atoms with Gasteiger partial charge in [0, 0.05) is 19.2 Å². The lowest BCUT2D eigenvalue weighted by Gasteiger charge is -2.34. The van der Waals surface area contributed by atoms with Crippen molar-refractivity contribution in [1.82, 2.24) is 4.98 Å². The maximum atomic E-state index is 10.8. The van der Waals surface area contributed by atoms with Crippen LogP contribution in [0.4, 0.5) is 11.5 Å². The van der Waals surface area contributed by atoms with Gasteiger partial charge in [-0.3, -0.25) is 10.1 Å². The van der Waals surface area contributed by atoms with Crippen LogP contribution in [0.2, 0.25) is 0 Å². The van der Waals surface area contributed by atoms with Crippen molar-refractivity contribution in [3.05, 3.63) is 63.8 Å². The Labute approximate surface area is 132 Å². The van der Waals surface area contributed by atoms with Gasteiger partial charge in [-0.15, -0.1) is 0 Å². The van der Waals surface area contributed by atoms with E-state index in [0.29, 0.717) is 25.5 Å². The van der Waals surface area contributed by atoms with Crippen LogP contribution in [-0.4, -0.2) is 29.6 Å². The molecule has 0 aliphatic carbocycles. The average Bonchev–Trinajstić information content (AvgIpc) is 2.62. The Balaban J connectivity index is 1.87. The van der Waals surface area contributed by atoms with E-state index < -0.39 is 4.92 Å². The topological polar surface area (TPSA) is 92.3 Å². The van der Waals surface area contributed by atoms with Gasteiger partial charge in [-0.25, -0.2) is 4.98 Å². The molecule has 1 aliphatic rings. The molecule has 1 aromatic heterocycles. The smallest absolute Gasteiger partial charge is 0.289 e. The summed E-state index contributed by atoms with van der Waals surface area (Å²) in [6, 6.07) is 13.1. The van der Waals surface area contributed by atoms with E-state index in [9.17, 15) is 15.4 Å². The lowest BCUT2D eigenvalue weighted by molar-refractivity contribution is -0.385. The van der Waals surface area contributed by atoms with E-state index in [1.54, 1.807) is 0 Å². The van der Waals surface area contributed by atoms with E-state index >= 15 is 0 Å². The van der Waals surface area contributed by atoms with E-state index in [2.05, 4.69) is 4.98 Å². The molecule has 1 atom stereocenters. The molecule has 0 N–H and O–H groups in total. The quantitative estimate of drug-likeness (QED) is 0.638. The number of nitro groups is 1. The predicted octanol–water partition coefficient (Wildman–Crippen LogP) is 2.44.